The summed E-state index contributed by atoms with van der Waals surface area (Å²) in [7, 11) is 1.72. The molecule has 0 spiro atoms. The molecule has 0 saturated carbocycles. The molecule has 0 bridgehead atoms. The lowest BCUT2D eigenvalue weighted by Crippen LogP contribution is -2.20. The van der Waals surface area contributed by atoms with E-state index in [0.29, 0.717) is 6.04 Å². The molecule has 1 aromatic carbocycles. The van der Waals surface area contributed by atoms with Crippen LogP contribution in [0.5, 0.6) is 5.75 Å². The van der Waals surface area contributed by atoms with Gasteiger partial charge in [0, 0.05) is 11.7 Å². The van der Waals surface area contributed by atoms with Gasteiger partial charge in [-0.25, -0.2) is 0 Å². The molecular weight excluding hydrogens is 258 g/mol. The van der Waals surface area contributed by atoms with E-state index in [2.05, 4.69) is 38.2 Å². The van der Waals surface area contributed by atoms with E-state index in [1.54, 1.807) is 7.11 Å². The lowest BCUT2D eigenvalue weighted by molar-refractivity contribution is 0.414. The quantitative estimate of drug-likeness (QED) is 0.509. The number of aryl methyl sites for hydroxylation is 1. The summed E-state index contributed by atoms with van der Waals surface area (Å²) in [5.74, 6) is 0.937. The molecule has 0 atom stereocenters. The Balaban J connectivity index is 2.60. The molecule has 0 aromatic heterocycles. The number of benzene rings is 1. The number of rotatable bonds is 11. The summed E-state index contributed by atoms with van der Waals surface area (Å²) >= 11 is 0. The van der Waals surface area contributed by atoms with E-state index in [1.165, 1.54) is 62.6 Å². The van der Waals surface area contributed by atoms with Crippen molar-refractivity contribution in [2.24, 2.45) is 0 Å². The van der Waals surface area contributed by atoms with Crippen LogP contribution in [0.4, 0.5) is 5.69 Å². The molecule has 2 heteroatoms. The van der Waals surface area contributed by atoms with Crippen molar-refractivity contribution in [2.45, 2.75) is 78.2 Å². The van der Waals surface area contributed by atoms with Crippen LogP contribution in [0.15, 0.2) is 18.2 Å². The van der Waals surface area contributed by atoms with E-state index in [0.717, 1.165) is 5.75 Å². The maximum absolute atomic E-state index is 5.29. The summed E-state index contributed by atoms with van der Waals surface area (Å²) in [6.07, 6.45) is 10.5. The van der Waals surface area contributed by atoms with Crippen molar-refractivity contribution in [1.82, 2.24) is 0 Å². The van der Waals surface area contributed by atoms with Gasteiger partial charge >= 0.3 is 0 Å². The van der Waals surface area contributed by atoms with Gasteiger partial charge in [-0.15, -0.1) is 0 Å². The van der Waals surface area contributed by atoms with Crippen LogP contribution in [0, 0.1) is 6.92 Å². The summed E-state index contributed by atoms with van der Waals surface area (Å²) in [6.45, 7) is 6.69. The van der Waals surface area contributed by atoms with E-state index in [4.69, 9.17) is 4.74 Å². The van der Waals surface area contributed by atoms with Gasteiger partial charge < -0.3 is 10.1 Å². The van der Waals surface area contributed by atoms with Gasteiger partial charge in [0.25, 0.3) is 0 Å². The van der Waals surface area contributed by atoms with Crippen molar-refractivity contribution in [1.29, 1.82) is 0 Å². The molecule has 0 aliphatic carbocycles. The third-order valence-corrected chi connectivity index (χ3v) is 4.11. The summed E-state index contributed by atoms with van der Waals surface area (Å²) in [5, 5.41) is 3.76. The highest BCUT2D eigenvalue weighted by molar-refractivity contribution is 5.54. The second kappa shape index (κ2) is 10.5. The number of hydrogen-bond donors (Lipinski definition) is 1. The molecule has 0 radical (unpaired) electrons. The Hall–Kier alpha value is -1.18. The van der Waals surface area contributed by atoms with Crippen LogP contribution in [-0.2, 0) is 0 Å². The first kappa shape index (κ1) is 17.9. The number of hydrogen-bond acceptors (Lipinski definition) is 2. The smallest absolute Gasteiger partial charge is 0.119 e. The van der Waals surface area contributed by atoms with Crippen LogP contribution in [0.1, 0.15) is 70.8 Å². The van der Waals surface area contributed by atoms with Crippen molar-refractivity contribution in [3.63, 3.8) is 0 Å². The number of methoxy groups -OCH3 is 1. The zero-order valence-corrected chi connectivity index (χ0v) is 14.4. The SMILES string of the molecule is CCCCCC(CCCCC)Nc1ccc(OC)cc1C. The first-order chi connectivity index (χ1) is 10.2. The van der Waals surface area contributed by atoms with Crippen molar-refractivity contribution in [3.8, 4) is 5.75 Å². The summed E-state index contributed by atoms with van der Waals surface area (Å²) in [6, 6.07) is 6.91. The highest BCUT2D eigenvalue weighted by Crippen LogP contribution is 2.24. The molecule has 0 amide bonds. The highest BCUT2D eigenvalue weighted by Gasteiger charge is 2.10. The largest absolute Gasteiger partial charge is 0.497 e. The fourth-order valence-corrected chi connectivity index (χ4v) is 2.72. The Bertz CT molecular complexity index is 379. The Morgan fingerprint density at radius 1 is 1.00 bits per heavy atom. The van der Waals surface area contributed by atoms with Crippen molar-refractivity contribution >= 4 is 5.69 Å². The minimum atomic E-state index is 0.607. The lowest BCUT2D eigenvalue weighted by atomic mass is 10.0. The molecule has 21 heavy (non-hydrogen) atoms. The fraction of sp³-hybridized carbons (Fsp3) is 0.684. The van der Waals surface area contributed by atoms with Gasteiger partial charge in [0.2, 0.25) is 0 Å². The van der Waals surface area contributed by atoms with Gasteiger partial charge in [0.05, 0.1) is 7.11 Å². The highest BCUT2D eigenvalue weighted by atomic mass is 16.5. The number of unbranched alkanes of at least 4 members (excludes halogenated alkanes) is 4. The normalized spacial score (nSPS) is 10.9. The first-order valence-corrected chi connectivity index (χ1v) is 8.62. The van der Waals surface area contributed by atoms with Crippen molar-refractivity contribution < 1.29 is 4.74 Å². The van der Waals surface area contributed by atoms with Crippen LogP contribution < -0.4 is 10.1 Å². The van der Waals surface area contributed by atoms with Crippen molar-refractivity contribution in [2.75, 3.05) is 12.4 Å². The predicted octanol–water partition coefficient (Wildman–Crippen LogP) is 5.94. The van der Waals surface area contributed by atoms with Crippen LogP contribution in [0.2, 0.25) is 0 Å². The van der Waals surface area contributed by atoms with E-state index in [1.807, 2.05) is 6.07 Å². The third kappa shape index (κ3) is 6.88. The second-order valence-corrected chi connectivity index (χ2v) is 6.01. The maximum atomic E-state index is 5.29. The lowest BCUT2D eigenvalue weighted by Gasteiger charge is -2.21. The Kier molecular flexibility index (Phi) is 8.96. The van der Waals surface area contributed by atoms with Crippen LogP contribution in [0.25, 0.3) is 0 Å². The second-order valence-electron chi connectivity index (χ2n) is 6.01. The van der Waals surface area contributed by atoms with E-state index >= 15 is 0 Å². The molecule has 0 saturated heterocycles. The van der Waals surface area contributed by atoms with Gasteiger partial charge in [-0.2, -0.15) is 0 Å². The minimum absolute atomic E-state index is 0.607. The number of nitrogens with one attached hydrogen (secondary N) is 1. The van der Waals surface area contributed by atoms with Crippen molar-refractivity contribution in [3.05, 3.63) is 23.8 Å². The average molecular weight is 291 g/mol. The molecule has 2 nitrogen and oxygen atoms in total. The molecule has 1 aromatic rings. The number of anilines is 1. The topological polar surface area (TPSA) is 21.3 Å². The van der Waals surface area contributed by atoms with Gasteiger partial charge in [-0.05, 0) is 43.5 Å². The van der Waals surface area contributed by atoms with Crippen LogP contribution in [-0.4, -0.2) is 13.2 Å². The third-order valence-electron chi connectivity index (χ3n) is 4.11. The van der Waals surface area contributed by atoms with E-state index in [-0.39, 0.29) is 0 Å². The van der Waals surface area contributed by atoms with Crippen LogP contribution in [0.3, 0.4) is 0 Å². The van der Waals surface area contributed by atoms with Gasteiger partial charge in [0.1, 0.15) is 5.75 Å². The zero-order valence-electron chi connectivity index (χ0n) is 14.4. The molecule has 0 aliphatic heterocycles. The van der Waals surface area contributed by atoms with Gasteiger partial charge in [-0.1, -0.05) is 52.4 Å². The summed E-state index contributed by atoms with van der Waals surface area (Å²) in [4.78, 5) is 0. The summed E-state index contributed by atoms with van der Waals surface area (Å²) < 4.78 is 5.29. The first-order valence-electron chi connectivity index (χ1n) is 8.62. The predicted molar refractivity (Wildman–Crippen MR) is 93.4 cm³/mol. The maximum Gasteiger partial charge on any atom is 0.119 e. The standard InChI is InChI=1S/C19H33NO/c1-5-7-9-11-17(12-10-8-6-2)20-19-14-13-18(21-4)15-16(19)3/h13-15,17,20H,5-12H2,1-4H3. The molecule has 1 rings (SSSR count). The molecule has 1 N–H and O–H groups in total. The molecular formula is C19H33NO. The fourth-order valence-electron chi connectivity index (χ4n) is 2.72. The molecule has 120 valence electrons. The zero-order chi connectivity index (χ0) is 15.5. The Morgan fingerprint density at radius 2 is 1.62 bits per heavy atom. The number of ether oxygens (including phenoxy) is 1. The average Bonchev–Trinajstić information content (AvgIpc) is 2.49. The molecule has 0 aliphatic rings. The Morgan fingerprint density at radius 3 is 2.10 bits per heavy atom. The van der Waals surface area contributed by atoms with Gasteiger partial charge in [0.15, 0.2) is 0 Å². The molecule has 0 unspecified atom stereocenters. The monoisotopic (exact) mass is 291 g/mol. The van der Waals surface area contributed by atoms with E-state index < -0.39 is 0 Å². The molecule has 0 fully saturated rings. The van der Waals surface area contributed by atoms with E-state index in [9.17, 15) is 0 Å². The molecule has 0 heterocycles. The Labute approximate surface area is 131 Å². The summed E-state index contributed by atoms with van der Waals surface area (Å²) in [5.41, 5.74) is 2.53. The van der Waals surface area contributed by atoms with Gasteiger partial charge in [-0.3, -0.25) is 0 Å². The van der Waals surface area contributed by atoms with Crippen LogP contribution >= 0.6 is 0 Å². The minimum Gasteiger partial charge on any atom is -0.497 e.